The van der Waals surface area contributed by atoms with Crippen LogP contribution in [0.4, 0.5) is 0 Å². The van der Waals surface area contributed by atoms with Gasteiger partial charge in [0, 0.05) is 11.4 Å². The fourth-order valence-corrected chi connectivity index (χ4v) is 3.22. The predicted octanol–water partition coefficient (Wildman–Crippen LogP) is 1.83. The second kappa shape index (κ2) is 5.76. The molecule has 2 rings (SSSR count). The highest BCUT2D eigenvalue weighted by Gasteiger charge is 2.20. The Labute approximate surface area is 123 Å². The van der Waals surface area contributed by atoms with Crippen LogP contribution in [0.2, 0.25) is 0 Å². The Kier molecular flexibility index (Phi) is 4.73. The Morgan fingerprint density at radius 3 is 2.10 bits per heavy atom. The normalized spacial score (nSPS) is 10.9. The summed E-state index contributed by atoms with van der Waals surface area (Å²) in [4.78, 5) is 15.6. The molecule has 5 nitrogen and oxygen atoms in total. The number of hydrogen-bond donors (Lipinski definition) is 0. The molecule has 0 saturated heterocycles. The van der Waals surface area contributed by atoms with E-state index < -0.39 is 15.7 Å². The maximum atomic E-state index is 12.4. The molecule has 0 atom stereocenters. The molecule has 0 fully saturated rings. The van der Waals surface area contributed by atoms with Crippen LogP contribution < -0.4 is 5.69 Å². The molecule has 0 spiro atoms. The molecule has 0 saturated carbocycles. The lowest BCUT2D eigenvalue weighted by molar-refractivity contribution is 0.582. The lowest BCUT2D eigenvalue weighted by Gasteiger charge is -2.10. The second-order valence-electron chi connectivity index (χ2n) is 4.40. The molecule has 0 aliphatic heterocycles. The van der Waals surface area contributed by atoms with Gasteiger partial charge in [-0.3, -0.25) is 0 Å². The van der Waals surface area contributed by atoms with E-state index in [9.17, 15) is 13.2 Å². The molecule has 0 N–H and O–H groups in total. The van der Waals surface area contributed by atoms with Crippen LogP contribution in [0.25, 0.3) is 0 Å². The summed E-state index contributed by atoms with van der Waals surface area (Å²) in [6.07, 6.45) is 0. The first kappa shape index (κ1) is 16.4. The van der Waals surface area contributed by atoms with E-state index in [0.29, 0.717) is 11.4 Å². The average molecular weight is 315 g/mol. The summed E-state index contributed by atoms with van der Waals surface area (Å²) in [6, 6.07) is 7.91. The number of halogens is 1. The third-order valence-electron chi connectivity index (χ3n) is 2.74. The molecule has 0 aliphatic rings. The van der Waals surface area contributed by atoms with Crippen LogP contribution in [0.1, 0.15) is 17.0 Å². The maximum Gasteiger partial charge on any atom is 0.362 e. The van der Waals surface area contributed by atoms with E-state index in [-0.39, 0.29) is 17.3 Å². The first-order valence-corrected chi connectivity index (χ1v) is 7.16. The highest BCUT2D eigenvalue weighted by molar-refractivity contribution is 7.90. The van der Waals surface area contributed by atoms with E-state index in [0.717, 1.165) is 9.54 Å². The Bertz CT molecular complexity index is 780. The number of aromatic nitrogens is 2. The molecule has 0 radical (unpaired) electrons. The Balaban J connectivity index is 0.00000200. The smallest absolute Gasteiger partial charge is 0.245 e. The van der Waals surface area contributed by atoms with E-state index in [1.54, 1.807) is 32.0 Å². The van der Waals surface area contributed by atoms with Crippen LogP contribution >= 0.6 is 12.4 Å². The third kappa shape index (κ3) is 2.91. The molecule has 1 aromatic heterocycles. The summed E-state index contributed by atoms with van der Waals surface area (Å²) >= 11 is 0. The predicted molar refractivity (Wildman–Crippen MR) is 79.0 cm³/mol. The van der Waals surface area contributed by atoms with Gasteiger partial charge in [0.2, 0.25) is 0 Å². The van der Waals surface area contributed by atoms with Gasteiger partial charge in [-0.1, -0.05) is 17.7 Å². The molecule has 20 heavy (non-hydrogen) atoms. The molecule has 0 amide bonds. The van der Waals surface area contributed by atoms with Gasteiger partial charge in [-0.2, -0.15) is 8.96 Å². The molecule has 108 valence electrons. The summed E-state index contributed by atoms with van der Waals surface area (Å²) in [7, 11) is -3.89. The van der Waals surface area contributed by atoms with E-state index in [4.69, 9.17) is 0 Å². The van der Waals surface area contributed by atoms with Gasteiger partial charge in [0.05, 0.1) is 4.90 Å². The topological polar surface area (TPSA) is 69.0 Å². The van der Waals surface area contributed by atoms with Crippen molar-refractivity contribution >= 4 is 22.4 Å². The zero-order valence-corrected chi connectivity index (χ0v) is 13.0. The minimum atomic E-state index is -3.89. The van der Waals surface area contributed by atoms with Gasteiger partial charge in [0.15, 0.2) is 0 Å². The van der Waals surface area contributed by atoms with Crippen molar-refractivity contribution in [1.29, 1.82) is 0 Å². The SMILES string of the molecule is Cc1ccc(S(=O)(=O)n2c(C)cc(C)nc2=O)cc1.Cl. The van der Waals surface area contributed by atoms with Crippen molar-refractivity contribution in [2.75, 3.05) is 0 Å². The molecular weight excluding hydrogens is 300 g/mol. The van der Waals surface area contributed by atoms with Crippen molar-refractivity contribution < 1.29 is 8.42 Å². The fourth-order valence-electron chi connectivity index (χ4n) is 1.85. The maximum absolute atomic E-state index is 12.4. The Morgan fingerprint density at radius 2 is 1.60 bits per heavy atom. The molecule has 0 unspecified atom stereocenters. The Morgan fingerprint density at radius 1 is 1.05 bits per heavy atom. The summed E-state index contributed by atoms with van der Waals surface area (Å²) in [5.41, 5.74) is 1.01. The van der Waals surface area contributed by atoms with Crippen LogP contribution in [-0.2, 0) is 10.0 Å². The Hall–Kier alpha value is -1.66. The van der Waals surface area contributed by atoms with Crippen molar-refractivity contribution in [2.45, 2.75) is 25.7 Å². The first-order chi connectivity index (χ1) is 8.82. The number of rotatable bonds is 2. The van der Waals surface area contributed by atoms with Gasteiger partial charge in [-0.15, -0.1) is 12.4 Å². The highest BCUT2D eigenvalue weighted by atomic mass is 35.5. The number of benzene rings is 1. The lowest BCUT2D eigenvalue weighted by Crippen LogP contribution is -2.31. The van der Waals surface area contributed by atoms with E-state index in [1.807, 2.05) is 6.92 Å². The zero-order valence-electron chi connectivity index (χ0n) is 11.3. The van der Waals surface area contributed by atoms with Crippen molar-refractivity contribution in [2.24, 2.45) is 0 Å². The van der Waals surface area contributed by atoms with E-state index in [1.165, 1.54) is 12.1 Å². The number of hydrogen-bond acceptors (Lipinski definition) is 4. The van der Waals surface area contributed by atoms with Crippen LogP contribution in [0.15, 0.2) is 40.0 Å². The molecule has 2 aromatic rings. The minimum absolute atomic E-state index is 0. The standard InChI is InChI=1S/C13H14N2O3S.ClH/c1-9-4-6-12(7-5-9)19(17,18)15-11(3)8-10(2)14-13(15)16;/h4-8H,1-3H3;1H. The highest BCUT2D eigenvalue weighted by Crippen LogP contribution is 2.14. The summed E-state index contributed by atoms with van der Waals surface area (Å²) in [5, 5.41) is 0. The minimum Gasteiger partial charge on any atom is -0.245 e. The molecule has 1 aromatic carbocycles. The fraction of sp³-hybridized carbons (Fsp3) is 0.231. The van der Waals surface area contributed by atoms with Crippen LogP contribution in [0.5, 0.6) is 0 Å². The van der Waals surface area contributed by atoms with Crippen LogP contribution in [0.3, 0.4) is 0 Å². The monoisotopic (exact) mass is 314 g/mol. The zero-order chi connectivity index (χ0) is 14.2. The van der Waals surface area contributed by atoms with Crippen molar-refractivity contribution in [1.82, 2.24) is 8.96 Å². The van der Waals surface area contributed by atoms with Crippen molar-refractivity contribution in [3.8, 4) is 0 Å². The van der Waals surface area contributed by atoms with Gasteiger partial charge < -0.3 is 0 Å². The summed E-state index contributed by atoms with van der Waals surface area (Å²) in [6.45, 7) is 5.08. The number of aryl methyl sites for hydroxylation is 3. The van der Waals surface area contributed by atoms with Gasteiger partial charge in [0.1, 0.15) is 0 Å². The largest absolute Gasteiger partial charge is 0.362 e. The first-order valence-electron chi connectivity index (χ1n) is 5.72. The molecule has 1 heterocycles. The van der Waals surface area contributed by atoms with Gasteiger partial charge in [-0.05, 0) is 39.0 Å². The quantitative estimate of drug-likeness (QED) is 0.848. The van der Waals surface area contributed by atoms with Crippen LogP contribution in [0, 0.1) is 20.8 Å². The van der Waals surface area contributed by atoms with Gasteiger partial charge in [0.25, 0.3) is 10.0 Å². The van der Waals surface area contributed by atoms with E-state index in [2.05, 4.69) is 4.98 Å². The van der Waals surface area contributed by atoms with Crippen LogP contribution in [-0.4, -0.2) is 17.4 Å². The summed E-state index contributed by atoms with van der Waals surface area (Å²) in [5.74, 6) is 0. The number of nitrogens with zero attached hydrogens (tertiary/aromatic N) is 2. The second-order valence-corrected chi connectivity index (χ2v) is 6.19. The lowest BCUT2D eigenvalue weighted by atomic mass is 10.2. The molecule has 0 aliphatic carbocycles. The van der Waals surface area contributed by atoms with Gasteiger partial charge in [-0.25, -0.2) is 13.2 Å². The van der Waals surface area contributed by atoms with Crippen molar-refractivity contribution in [3.63, 3.8) is 0 Å². The van der Waals surface area contributed by atoms with Gasteiger partial charge >= 0.3 is 5.69 Å². The molecule has 7 heteroatoms. The molecular formula is C13H15ClN2O3S. The third-order valence-corrected chi connectivity index (χ3v) is 4.54. The van der Waals surface area contributed by atoms with E-state index >= 15 is 0 Å². The van der Waals surface area contributed by atoms with Crippen molar-refractivity contribution in [3.05, 3.63) is 57.8 Å². The molecule has 0 bridgehead atoms. The average Bonchev–Trinajstić information content (AvgIpc) is 2.27. The summed E-state index contributed by atoms with van der Waals surface area (Å²) < 4.78 is 25.6.